The van der Waals surface area contributed by atoms with Gasteiger partial charge in [0.2, 0.25) is 5.88 Å². The van der Waals surface area contributed by atoms with E-state index in [1.54, 1.807) is 25.2 Å². The molecule has 0 bridgehead atoms. The molecule has 0 radical (unpaired) electrons. The molecule has 3 rings (SSSR count). The molecule has 5 nitrogen and oxygen atoms in total. The second-order valence-corrected chi connectivity index (χ2v) is 6.10. The van der Waals surface area contributed by atoms with Gasteiger partial charge in [-0.15, -0.1) is 12.4 Å². The third-order valence-corrected chi connectivity index (χ3v) is 4.37. The predicted molar refractivity (Wildman–Crippen MR) is 103 cm³/mol. The number of hydrogen-bond acceptors (Lipinski definition) is 4. The summed E-state index contributed by atoms with van der Waals surface area (Å²) < 4.78 is 20.7. The maximum Gasteiger partial charge on any atom is 0.215 e. The van der Waals surface area contributed by atoms with Crippen LogP contribution in [-0.4, -0.2) is 41.5 Å². The number of ether oxygens (including phenoxy) is 1. The molecular formula is C18H20Cl2FN3O2. The van der Waals surface area contributed by atoms with Crippen molar-refractivity contribution in [3.63, 3.8) is 0 Å². The number of pyridine rings is 1. The molecule has 2 atom stereocenters. The van der Waals surface area contributed by atoms with E-state index in [1.807, 2.05) is 16.8 Å². The van der Waals surface area contributed by atoms with Gasteiger partial charge < -0.3 is 19.7 Å². The van der Waals surface area contributed by atoms with E-state index in [9.17, 15) is 9.50 Å². The highest BCUT2D eigenvalue weighted by molar-refractivity contribution is 6.34. The molecule has 26 heavy (non-hydrogen) atoms. The van der Waals surface area contributed by atoms with E-state index < -0.39 is 12.1 Å². The number of hydrogen-bond donors (Lipinski definition) is 2. The van der Waals surface area contributed by atoms with Gasteiger partial charge in [0.1, 0.15) is 5.82 Å². The van der Waals surface area contributed by atoms with Crippen LogP contribution in [0, 0.1) is 5.82 Å². The zero-order valence-electron chi connectivity index (χ0n) is 14.3. The number of nitrogens with one attached hydrogen (secondary N) is 1. The molecule has 140 valence electrons. The Bertz CT molecular complexity index is 888. The lowest BCUT2D eigenvalue weighted by Crippen LogP contribution is -2.33. The molecule has 8 heteroatoms. The highest BCUT2D eigenvalue weighted by atomic mass is 35.5. The number of aliphatic hydroxyl groups excluding tert-OH is 1. The fourth-order valence-electron chi connectivity index (χ4n) is 3.04. The Morgan fingerprint density at radius 2 is 2.12 bits per heavy atom. The lowest BCUT2D eigenvalue weighted by Gasteiger charge is -2.26. The van der Waals surface area contributed by atoms with Crippen molar-refractivity contribution in [2.75, 3.05) is 20.7 Å². The van der Waals surface area contributed by atoms with Crippen LogP contribution in [0.1, 0.15) is 11.6 Å². The van der Waals surface area contributed by atoms with Crippen LogP contribution in [0.15, 0.2) is 42.6 Å². The molecule has 3 aromatic rings. The highest BCUT2D eigenvalue weighted by Crippen LogP contribution is 2.33. The summed E-state index contributed by atoms with van der Waals surface area (Å²) in [6.07, 6.45) is 1.02. The van der Waals surface area contributed by atoms with Crippen LogP contribution in [0.2, 0.25) is 5.15 Å². The Morgan fingerprint density at radius 1 is 1.35 bits per heavy atom. The molecule has 0 fully saturated rings. The number of benzene rings is 1. The maximum atomic E-state index is 13.7. The van der Waals surface area contributed by atoms with E-state index in [0.717, 1.165) is 5.39 Å². The number of aromatic nitrogens is 2. The van der Waals surface area contributed by atoms with Gasteiger partial charge >= 0.3 is 0 Å². The number of methoxy groups -OCH3 is 1. The smallest absolute Gasteiger partial charge is 0.215 e. The first-order valence-electron chi connectivity index (χ1n) is 7.84. The van der Waals surface area contributed by atoms with E-state index in [4.69, 9.17) is 16.3 Å². The molecule has 0 unspecified atom stereocenters. The minimum atomic E-state index is -0.791. The van der Waals surface area contributed by atoms with Gasteiger partial charge in [0.05, 0.1) is 24.8 Å². The van der Waals surface area contributed by atoms with Gasteiger partial charge in [0, 0.05) is 24.2 Å². The Morgan fingerprint density at radius 3 is 2.77 bits per heavy atom. The van der Waals surface area contributed by atoms with Crippen molar-refractivity contribution >= 4 is 34.9 Å². The fourth-order valence-corrected chi connectivity index (χ4v) is 3.33. The minimum absolute atomic E-state index is 0. The average Bonchev–Trinajstić information content (AvgIpc) is 2.99. The maximum absolute atomic E-state index is 13.7. The summed E-state index contributed by atoms with van der Waals surface area (Å²) in [7, 11) is 3.27. The molecule has 0 aliphatic rings. The SMILES string of the molecule is CNC[C@@H](O)[C@H](c1cccc(F)c1)n1ccc2cc(OC)nc(Cl)c21.Cl. The number of rotatable bonds is 6. The zero-order chi connectivity index (χ0) is 18.0. The third kappa shape index (κ3) is 3.94. The first kappa shape index (κ1) is 20.5. The van der Waals surface area contributed by atoms with Crippen molar-refractivity contribution in [1.82, 2.24) is 14.9 Å². The number of nitrogens with zero attached hydrogens (tertiary/aromatic N) is 2. The second kappa shape index (κ2) is 8.68. The fraction of sp³-hybridized carbons (Fsp3) is 0.278. The van der Waals surface area contributed by atoms with Crippen LogP contribution in [0.25, 0.3) is 10.9 Å². The largest absolute Gasteiger partial charge is 0.481 e. The Labute approximate surface area is 162 Å². The summed E-state index contributed by atoms with van der Waals surface area (Å²) in [4.78, 5) is 4.20. The van der Waals surface area contributed by atoms with E-state index in [2.05, 4.69) is 10.3 Å². The summed E-state index contributed by atoms with van der Waals surface area (Å²) >= 11 is 6.35. The van der Waals surface area contributed by atoms with Gasteiger partial charge in [-0.25, -0.2) is 4.39 Å². The summed E-state index contributed by atoms with van der Waals surface area (Å²) in [5.74, 6) is 0.0508. The molecule has 0 saturated carbocycles. The van der Waals surface area contributed by atoms with Gasteiger partial charge in [0.15, 0.2) is 5.15 Å². The number of fused-ring (bicyclic) bond motifs is 1. The van der Waals surface area contributed by atoms with Crippen molar-refractivity contribution in [3.8, 4) is 5.88 Å². The van der Waals surface area contributed by atoms with Gasteiger partial charge in [0.25, 0.3) is 0 Å². The van der Waals surface area contributed by atoms with Crippen LogP contribution in [0.3, 0.4) is 0 Å². The van der Waals surface area contributed by atoms with Crippen LogP contribution in [0.5, 0.6) is 5.88 Å². The number of aliphatic hydroxyl groups is 1. The predicted octanol–water partition coefficient (Wildman–Crippen LogP) is 3.43. The van der Waals surface area contributed by atoms with Crippen LogP contribution in [0.4, 0.5) is 4.39 Å². The first-order valence-corrected chi connectivity index (χ1v) is 8.22. The first-order chi connectivity index (χ1) is 12.0. The van der Waals surface area contributed by atoms with Gasteiger partial charge in [-0.05, 0) is 30.8 Å². The van der Waals surface area contributed by atoms with E-state index in [-0.39, 0.29) is 23.4 Å². The Kier molecular flexibility index (Phi) is 6.83. The lowest BCUT2D eigenvalue weighted by atomic mass is 10.0. The number of likely N-dealkylation sites (N-methyl/N-ethyl adjacent to an activating group) is 1. The topological polar surface area (TPSA) is 59.3 Å². The Balaban J connectivity index is 0.00000243. The molecule has 0 spiro atoms. The van der Waals surface area contributed by atoms with E-state index in [0.29, 0.717) is 23.5 Å². The third-order valence-electron chi connectivity index (χ3n) is 4.11. The molecule has 0 aliphatic carbocycles. The molecule has 1 aromatic carbocycles. The molecule has 2 aromatic heterocycles. The Hall–Kier alpha value is -1.86. The molecule has 2 N–H and O–H groups in total. The molecule has 0 saturated heterocycles. The van der Waals surface area contributed by atoms with Crippen molar-refractivity contribution in [3.05, 3.63) is 59.1 Å². The summed E-state index contributed by atoms with van der Waals surface area (Å²) in [5, 5.41) is 14.7. The zero-order valence-corrected chi connectivity index (χ0v) is 15.9. The van der Waals surface area contributed by atoms with Gasteiger partial charge in [-0.3, -0.25) is 0 Å². The standard InChI is InChI=1S/C18H19ClFN3O2.ClH/c1-21-10-14(24)16(11-4-3-5-13(20)8-11)23-7-6-12-9-15(25-2)22-18(19)17(12)23;/h3-9,14,16,21,24H,10H2,1-2H3;1H/t14-,16+;/m1./s1. The molecular weight excluding hydrogens is 380 g/mol. The van der Waals surface area contributed by atoms with E-state index >= 15 is 0 Å². The van der Waals surface area contributed by atoms with Crippen molar-refractivity contribution in [2.24, 2.45) is 0 Å². The van der Waals surface area contributed by atoms with Gasteiger partial charge in [-0.1, -0.05) is 23.7 Å². The van der Waals surface area contributed by atoms with Crippen molar-refractivity contribution in [1.29, 1.82) is 0 Å². The van der Waals surface area contributed by atoms with Crippen LogP contribution in [-0.2, 0) is 0 Å². The van der Waals surface area contributed by atoms with Crippen LogP contribution >= 0.6 is 24.0 Å². The molecule has 0 amide bonds. The summed E-state index contributed by atoms with van der Waals surface area (Å²) in [6, 6.07) is 9.31. The molecule has 2 heterocycles. The lowest BCUT2D eigenvalue weighted by molar-refractivity contribution is 0.132. The summed E-state index contributed by atoms with van der Waals surface area (Å²) in [5.41, 5.74) is 1.30. The van der Waals surface area contributed by atoms with Crippen molar-refractivity contribution < 1.29 is 14.2 Å². The second-order valence-electron chi connectivity index (χ2n) is 5.74. The highest BCUT2D eigenvalue weighted by Gasteiger charge is 2.25. The van der Waals surface area contributed by atoms with Crippen molar-refractivity contribution in [2.45, 2.75) is 12.1 Å². The van der Waals surface area contributed by atoms with Gasteiger partial charge in [-0.2, -0.15) is 4.98 Å². The van der Waals surface area contributed by atoms with E-state index in [1.165, 1.54) is 19.2 Å². The minimum Gasteiger partial charge on any atom is -0.481 e. The molecule has 0 aliphatic heterocycles. The monoisotopic (exact) mass is 399 g/mol. The van der Waals surface area contributed by atoms with Crippen LogP contribution < -0.4 is 10.1 Å². The average molecular weight is 400 g/mol. The quantitative estimate of drug-likeness (QED) is 0.623. The summed E-state index contributed by atoms with van der Waals surface area (Å²) in [6.45, 7) is 0.335. The normalized spacial score (nSPS) is 13.3. The number of halogens is 3.